The number of pyridine rings is 1. The van der Waals surface area contributed by atoms with E-state index in [0.717, 1.165) is 17.8 Å². The summed E-state index contributed by atoms with van der Waals surface area (Å²) in [5.41, 5.74) is 6.16. The van der Waals surface area contributed by atoms with Crippen molar-refractivity contribution >= 4 is 11.3 Å². The van der Waals surface area contributed by atoms with Crippen molar-refractivity contribution < 1.29 is 0 Å². The van der Waals surface area contributed by atoms with E-state index in [4.69, 9.17) is 5.84 Å². The van der Waals surface area contributed by atoms with Gasteiger partial charge in [0.25, 0.3) is 0 Å². The number of aromatic nitrogens is 1. The van der Waals surface area contributed by atoms with Crippen LogP contribution in [-0.2, 0) is 6.42 Å². The monoisotopic (exact) mass is 247 g/mol. The van der Waals surface area contributed by atoms with Gasteiger partial charge in [-0.2, -0.15) is 0 Å². The quantitative estimate of drug-likeness (QED) is 0.644. The summed E-state index contributed by atoms with van der Waals surface area (Å²) in [6.45, 7) is 4.02. The molecule has 0 saturated carbocycles. The van der Waals surface area contributed by atoms with Crippen LogP contribution in [-0.4, -0.2) is 4.98 Å². The lowest BCUT2D eigenvalue weighted by Gasteiger charge is -2.16. The van der Waals surface area contributed by atoms with Crippen LogP contribution in [0.4, 0.5) is 0 Å². The molecule has 2 rings (SSSR count). The van der Waals surface area contributed by atoms with Crippen molar-refractivity contribution in [1.82, 2.24) is 10.4 Å². The first kappa shape index (κ1) is 12.2. The molecule has 0 saturated heterocycles. The number of nitrogens with one attached hydrogen (secondary N) is 1. The molecule has 0 aliphatic heterocycles. The fraction of sp³-hybridized carbons (Fsp3) is 0.308. The van der Waals surface area contributed by atoms with E-state index in [2.05, 4.69) is 40.1 Å². The normalized spacial score (nSPS) is 12.6. The maximum Gasteiger partial charge on any atom is 0.0509 e. The zero-order valence-corrected chi connectivity index (χ0v) is 10.9. The Bertz CT molecular complexity index is 459. The van der Waals surface area contributed by atoms with Crippen LogP contribution in [0.1, 0.15) is 27.9 Å². The van der Waals surface area contributed by atoms with Crippen molar-refractivity contribution in [2.24, 2.45) is 5.84 Å². The zero-order chi connectivity index (χ0) is 12.3. The van der Waals surface area contributed by atoms with Crippen molar-refractivity contribution in [2.45, 2.75) is 26.3 Å². The third-order valence-electron chi connectivity index (χ3n) is 2.69. The summed E-state index contributed by atoms with van der Waals surface area (Å²) in [6.07, 6.45) is 0.914. The summed E-state index contributed by atoms with van der Waals surface area (Å²) in [5, 5.41) is 2.09. The van der Waals surface area contributed by atoms with Crippen LogP contribution < -0.4 is 11.3 Å². The standard InChI is InChI=1S/C13H17N3S/c1-9-6-11(7-10(2)15-9)13(16-14)8-12-4-3-5-17-12/h3-7,13,16H,8,14H2,1-2H3. The molecule has 3 nitrogen and oxygen atoms in total. The van der Waals surface area contributed by atoms with Gasteiger partial charge >= 0.3 is 0 Å². The molecule has 2 aromatic rings. The van der Waals surface area contributed by atoms with E-state index in [0.29, 0.717) is 0 Å². The average Bonchev–Trinajstić information content (AvgIpc) is 2.77. The van der Waals surface area contributed by atoms with Crippen LogP contribution in [0.5, 0.6) is 0 Å². The van der Waals surface area contributed by atoms with Crippen LogP contribution in [0, 0.1) is 13.8 Å². The second-order valence-corrected chi connectivity index (χ2v) is 5.22. The molecule has 0 aromatic carbocycles. The Balaban J connectivity index is 2.22. The predicted molar refractivity (Wildman–Crippen MR) is 71.8 cm³/mol. The number of rotatable bonds is 4. The summed E-state index contributed by atoms with van der Waals surface area (Å²) in [5.74, 6) is 5.66. The van der Waals surface area contributed by atoms with Crippen LogP contribution >= 0.6 is 11.3 Å². The second kappa shape index (κ2) is 5.40. The highest BCUT2D eigenvalue weighted by Gasteiger charge is 2.12. The number of nitrogens with two attached hydrogens (primary N) is 1. The first-order valence-corrected chi connectivity index (χ1v) is 6.50. The van der Waals surface area contributed by atoms with Gasteiger partial charge in [-0.25, -0.2) is 0 Å². The van der Waals surface area contributed by atoms with E-state index < -0.39 is 0 Å². The highest BCUT2D eigenvalue weighted by Crippen LogP contribution is 2.21. The molecule has 0 bridgehead atoms. The number of hydrogen-bond acceptors (Lipinski definition) is 4. The Labute approximate surface area is 106 Å². The molecule has 0 aliphatic carbocycles. The number of aryl methyl sites for hydroxylation is 2. The maximum atomic E-state index is 5.66. The van der Waals surface area contributed by atoms with Gasteiger partial charge in [-0.1, -0.05) is 6.07 Å². The highest BCUT2D eigenvalue weighted by molar-refractivity contribution is 7.09. The molecule has 0 fully saturated rings. The first-order chi connectivity index (χ1) is 8.19. The van der Waals surface area contributed by atoms with E-state index in [1.165, 1.54) is 10.4 Å². The molecule has 2 aromatic heterocycles. The van der Waals surface area contributed by atoms with Crippen molar-refractivity contribution in [3.05, 3.63) is 51.5 Å². The SMILES string of the molecule is Cc1cc(C(Cc2cccs2)NN)cc(C)n1. The molecule has 4 heteroatoms. The second-order valence-electron chi connectivity index (χ2n) is 4.19. The summed E-state index contributed by atoms with van der Waals surface area (Å²) < 4.78 is 0. The summed E-state index contributed by atoms with van der Waals surface area (Å²) in [4.78, 5) is 5.72. The van der Waals surface area contributed by atoms with Gasteiger partial charge in [0, 0.05) is 22.7 Å². The average molecular weight is 247 g/mol. The van der Waals surface area contributed by atoms with E-state index in [1.807, 2.05) is 13.8 Å². The van der Waals surface area contributed by atoms with Gasteiger partial charge in [0.05, 0.1) is 6.04 Å². The molecule has 2 heterocycles. The Morgan fingerprint density at radius 3 is 2.59 bits per heavy atom. The van der Waals surface area contributed by atoms with Gasteiger partial charge in [-0.05, 0) is 43.0 Å². The van der Waals surface area contributed by atoms with Gasteiger partial charge in [-0.15, -0.1) is 11.3 Å². The summed E-state index contributed by atoms with van der Waals surface area (Å²) in [6, 6.07) is 8.53. The smallest absolute Gasteiger partial charge is 0.0509 e. The molecule has 0 radical (unpaired) electrons. The Morgan fingerprint density at radius 2 is 2.06 bits per heavy atom. The van der Waals surface area contributed by atoms with Crippen LogP contribution in [0.25, 0.3) is 0 Å². The molecular weight excluding hydrogens is 230 g/mol. The van der Waals surface area contributed by atoms with Crippen LogP contribution in [0.3, 0.4) is 0 Å². The lowest BCUT2D eigenvalue weighted by Crippen LogP contribution is -2.29. The third-order valence-corrected chi connectivity index (χ3v) is 3.59. The van der Waals surface area contributed by atoms with Crippen molar-refractivity contribution in [3.8, 4) is 0 Å². The minimum absolute atomic E-state index is 0.147. The zero-order valence-electron chi connectivity index (χ0n) is 10.1. The first-order valence-electron chi connectivity index (χ1n) is 5.62. The molecule has 90 valence electrons. The molecule has 3 N–H and O–H groups in total. The summed E-state index contributed by atoms with van der Waals surface area (Å²) in [7, 11) is 0. The van der Waals surface area contributed by atoms with Gasteiger partial charge in [0.2, 0.25) is 0 Å². The van der Waals surface area contributed by atoms with E-state index in [9.17, 15) is 0 Å². The molecule has 0 aliphatic rings. The molecule has 0 amide bonds. The minimum atomic E-state index is 0.147. The van der Waals surface area contributed by atoms with Crippen LogP contribution in [0.15, 0.2) is 29.6 Å². The number of nitrogens with zero attached hydrogens (tertiary/aromatic N) is 1. The molecule has 0 spiro atoms. The fourth-order valence-electron chi connectivity index (χ4n) is 1.97. The molecular formula is C13H17N3S. The Kier molecular flexibility index (Phi) is 3.89. The fourth-order valence-corrected chi connectivity index (χ4v) is 2.72. The van der Waals surface area contributed by atoms with Gasteiger partial charge < -0.3 is 0 Å². The topological polar surface area (TPSA) is 50.9 Å². The number of hydrogen-bond donors (Lipinski definition) is 2. The van der Waals surface area contributed by atoms with Crippen molar-refractivity contribution in [3.63, 3.8) is 0 Å². The predicted octanol–water partition coefficient (Wildman–Crippen LogP) is 2.51. The van der Waals surface area contributed by atoms with Crippen LogP contribution in [0.2, 0.25) is 0 Å². The number of hydrazine groups is 1. The van der Waals surface area contributed by atoms with Gasteiger partial charge in [-0.3, -0.25) is 16.3 Å². The van der Waals surface area contributed by atoms with E-state index in [1.54, 1.807) is 11.3 Å². The summed E-state index contributed by atoms with van der Waals surface area (Å²) >= 11 is 1.76. The third kappa shape index (κ3) is 3.12. The molecule has 1 atom stereocenters. The van der Waals surface area contributed by atoms with Gasteiger partial charge in [0.15, 0.2) is 0 Å². The van der Waals surface area contributed by atoms with Crippen molar-refractivity contribution in [2.75, 3.05) is 0 Å². The van der Waals surface area contributed by atoms with E-state index >= 15 is 0 Å². The Morgan fingerprint density at radius 1 is 1.35 bits per heavy atom. The molecule has 17 heavy (non-hydrogen) atoms. The largest absolute Gasteiger partial charge is 0.271 e. The lowest BCUT2D eigenvalue weighted by molar-refractivity contribution is 0.554. The van der Waals surface area contributed by atoms with Gasteiger partial charge in [0.1, 0.15) is 0 Å². The highest BCUT2D eigenvalue weighted by atomic mass is 32.1. The maximum absolute atomic E-state index is 5.66. The lowest BCUT2D eigenvalue weighted by atomic mass is 10.0. The van der Waals surface area contributed by atoms with Crippen molar-refractivity contribution in [1.29, 1.82) is 0 Å². The Hall–Kier alpha value is -1.23. The number of thiophene rings is 1. The molecule has 1 unspecified atom stereocenters. The minimum Gasteiger partial charge on any atom is -0.271 e. The van der Waals surface area contributed by atoms with E-state index in [-0.39, 0.29) is 6.04 Å².